The van der Waals surface area contributed by atoms with Crippen molar-refractivity contribution in [1.29, 1.82) is 0 Å². The first kappa shape index (κ1) is 16.6. The van der Waals surface area contributed by atoms with Crippen LogP contribution in [0.25, 0.3) is 0 Å². The zero-order valence-electron chi connectivity index (χ0n) is 13.3. The van der Waals surface area contributed by atoms with E-state index in [0.717, 1.165) is 38.0 Å². The van der Waals surface area contributed by atoms with Crippen LogP contribution >= 0.6 is 0 Å². The zero-order chi connectivity index (χ0) is 15.8. The number of hydrogen-bond acceptors (Lipinski definition) is 3. The van der Waals surface area contributed by atoms with E-state index >= 15 is 0 Å². The van der Waals surface area contributed by atoms with E-state index in [1.165, 1.54) is 5.56 Å². The molecule has 1 saturated heterocycles. The van der Waals surface area contributed by atoms with Gasteiger partial charge in [-0.05, 0) is 49.8 Å². The summed E-state index contributed by atoms with van der Waals surface area (Å²) in [5, 5.41) is 12.1. The summed E-state index contributed by atoms with van der Waals surface area (Å²) in [5.74, 6) is 0.841. The van der Waals surface area contributed by atoms with Crippen LogP contribution in [0.15, 0.2) is 24.3 Å². The normalized spacial score (nSPS) is 18.1. The van der Waals surface area contributed by atoms with Crippen LogP contribution in [-0.2, 0) is 6.42 Å². The van der Waals surface area contributed by atoms with Gasteiger partial charge in [0.15, 0.2) is 0 Å². The summed E-state index contributed by atoms with van der Waals surface area (Å²) >= 11 is 0. The molecule has 1 heterocycles. The molecule has 0 spiro atoms. The highest BCUT2D eigenvalue weighted by atomic mass is 16.5. The molecule has 1 atom stereocenters. The van der Waals surface area contributed by atoms with Gasteiger partial charge in [-0.3, -0.25) is 0 Å². The zero-order valence-corrected chi connectivity index (χ0v) is 13.3. The van der Waals surface area contributed by atoms with Crippen molar-refractivity contribution in [2.24, 2.45) is 0 Å². The van der Waals surface area contributed by atoms with Crippen LogP contribution in [0.4, 0.5) is 4.79 Å². The minimum Gasteiger partial charge on any atom is -0.497 e. The van der Waals surface area contributed by atoms with Crippen molar-refractivity contribution in [3.05, 3.63) is 29.8 Å². The minimum atomic E-state index is -0.00772. The number of aliphatic hydroxyl groups excluding tert-OH is 1. The second kappa shape index (κ2) is 8.63. The lowest BCUT2D eigenvalue weighted by atomic mass is 10.0. The van der Waals surface area contributed by atoms with Crippen LogP contribution in [0.2, 0.25) is 0 Å². The molecule has 2 N–H and O–H groups in total. The van der Waals surface area contributed by atoms with Gasteiger partial charge in [0.25, 0.3) is 0 Å². The van der Waals surface area contributed by atoms with Crippen molar-refractivity contribution < 1.29 is 14.6 Å². The van der Waals surface area contributed by atoms with Gasteiger partial charge in [0.2, 0.25) is 0 Å². The Bertz CT molecular complexity index is 459. The monoisotopic (exact) mass is 306 g/mol. The predicted octanol–water partition coefficient (Wildman–Crippen LogP) is 2.18. The van der Waals surface area contributed by atoms with E-state index in [4.69, 9.17) is 9.84 Å². The van der Waals surface area contributed by atoms with E-state index < -0.39 is 0 Å². The molecule has 1 aromatic rings. The Balaban J connectivity index is 1.78. The largest absolute Gasteiger partial charge is 0.497 e. The number of piperidine rings is 1. The molecule has 0 radical (unpaired) electrons. The lowest BCUT2D eigenvalue weighted by Crippen LogP contribution is -2.49. The number of likely N-dealkylation sites (tertiary alicyclic amines) is 1. The Morgan fingerprint density at radius 1 is 1.36 bits per heavy atom. The van der Waals surface area contributed by atoms with Gasteiger partial charge in [-0.1, -0.05) is 12.1 Å². The van der Waals surface area contributed by atoms with E-state index in [9.17, 15) is 4.79 Å². The summed E-state index contributed by atoms with van der Waals surface area (Å²) in [6.45, 7) is 1.55. The molecule has 0 aromatic heterocycles. The molecule has 122 valence electrons. The summed E-state index contributed by atoms with van der Waals surface area (Å²) in [7, 11) is 1.65. The van der Waals surface area contributed by atoms with Gasteiger partial charge in [-0.2, -0.15) is 0 Å². The Morgan fingerprint density at radius 3 is 2.82 bits per heavy atom. The van der Waals surface area contributed by atoms with Crippen LogP contribution in [0.5, 0.6) is 5.75 Å². The van der Waals surface area contributed by atoms with Crippen LogP contribution in [0.3, 0.4) is 0 Å². The molecule has 0 saturated carbocycles. The predicted molar refractivity (Wildman–Crippen MR) is 86.1 cm³/mol. The molecule has 2 rings (SSSR count). The molecule has 1 aliphatic rings. The number of carbonyl (C=O) groups excluding carboxylic acids is 1. The van der Waals surface area contributed by atoms with E-state index in [-0.39, 0.29) is 18.7 Å². The number of methoxy groups -OCH3 is 1. The van der Waals surface area contributed by atoms with E-state index in [1.54, 1.807) is 7.11 Å². The molecule has 1 fully saturated rings. The number of hydrogen-bond donors (Lipinski definition) is 2. The maximum absolute atomic E-state index is 12.3. The average Bonchev–Trinajstić information content (AvgIpc) is 2.56. The average molecular weight is 306 g/mol. The van der Waals surface area contributed by atoms with Crippen LogP contribution in [0.1, 0.15) is 31.2 Å². The number of ether oxygens (including phenoxy) is 1. The summed E-state index contributed by atoms with van der Waals surface area (Å²) in [6, 6.07) is 8.06. The van der Waals surface area contributed by atoms with Crippen molar-refractivity contribution in [3.8, 4) is 5.75 Å². The highest BCUT2D eigenvalue weighted by Gasteiger charge is 2.25. The first-order valence-electron chi connectivity index (χ1n) is 8.03. The molecule has 0 aliphatic carbocycles. The third kappa shape index (κ3) is 4.63. The number of rotatable bonds is 6. The third-order valence-corrected chi connectivity index (χ3v) is 4.20. The Labute approximate surface area is 132 Å². The number of nitrogens with one attached hydrogen (secondary N) is 1. The smallest absolute Gasteiger partial charge is 0.317 e. The van der Waals surface area contributed by atoms with Gasteiger partial charge < -0.3 is 20.1 Å². The lowest BCUT2D eigenvalue weighted by molar-refractivity contribution is 0.132. The quantitative estimate of drug-likeness (QED) is 0.847. The van der Waals surface area contributed by atoms with Crippen LogP contribution in [-0.4, -0.2) is 48.9 Å². The number of carbonyl (C=O) groups is 1. The van der Waals surface area contributed by atoms with Gasteiger partial charge >= 0.3 is 6.03 Å². The summed E-state index contributed by atoms with van der Waals surface area (Å²) in [6.07, 6.45) is 4.65. The summed E-state index contributed by atoms with van der Waals surface area (Å²) in [5.41, 5.74) is 1.17. The molecule has 1 unspecified atom stereocenters. The molecule has 5 heteroatoms. The van der Waals surface area contributed by atoms with Crippen molar-refractivity contribution in [2.45, 2.75) is 38.1 Å². The standard InChI is InChI=1S/C17H26N2O3/c1-22-16-7-5-14(6-8-16)9-11-18-17(21)19-12-3-2-4-15(19)10-13-20/h5-8,15,20H,2-4,9-13H2,1H3,(H,18,21). The fourth-order valence-corrected chi connectivity index (χ4v) is 2.92. The molecule has 1 aliphatic heterocycles. The van der Waals surface area contributed by atoms with Crippen LogP contribution in [0, 0.1) is 0 Å². The van der Waals surface area contributed by atoms with E-state index in [0.29, 0.717) is 13.0 Å². The maximum Gasteiger partial charge on any atom is 0.317 e. The topological polar surface area (TPSA) is 61.8 Å². The second-order valence-electron chi connectivity index (χ2n) is 5.69. The van der Waals surface area contributed by atoms with Gasteiger partial charge in [-0.25, -0.2) is 4.79 Å². The first-order chi connectivity index (χ1) is 10.7. The van der Waals surface area contributed by atoms with E-state index in [2.05, 4.69) is 5.32 Å². The van der Waals surface area contributed by atoms with Gasteiger partial charge in [-0.15, -0.1) is 0 Å². The lowest BCUT2D eigenvalue weighted by Gasteiger charge is -2.35. The first-order valence-corrected chi connectivity index (χ1v) is 8.03. The number of urea groups is 1. The Kier molecular flexibility index (Phi) is 6.52. The van der Waals surface area contributed by atoms with Crippen molar-refractivity contribution in [1.82, 2.24) is 10.2 Å². The van der Waals surface area contributed by atoms with Gasteiger partial charge in [0.05, 0.1) is 7.11 Å². The highest BCUT2D eigenvalue weighted by Crippen LogP contribution is 2.19. The number of amides is 2. The molecule has 5 nitrogen and oxygen atoms in total. The Hall–Kier alpha value is -1.75. The fraction of sp³-hybridized carbons (Fsp3) is 0.588. The Morgan fingerprint density at radius 2 is 2.14 bits per heavy atom. The van der Waals surface area contributed by atoms with Gasteiger partial charge in [0.1, 0.15) is 5.75 Å². The maximum atomic E-state index is 12.3. The minimum absolute atomic E-state index is 0.00772. The summed E-state index contributed by atoms with van der Waals surface area (Å²) < 4.78 is 5.13. The fourth-order valence-electron chi connectivity index (χ4n) is 2.92. The molecular formula is C17H26N2O3. The third-order valence-electron chi connectivity index (χ3n) is 4.20. The van der Waals surface area contributed by atoms with Gasteiger partial charge in [0, 0.05) is 25.7 Å². The summed E-state index contributed by atoms with van der Waals surface area (Å²) in [4.78, 5) is 14.2. The molecule has 2 amide bonds. The number of nitrogens with zero attached hydrogens (tertiary/aromatic N) is 1. The SMILES string of the molecule is COc1ccc(CCNC(=O)N2CCCCC2CCO)cc1. The highest BCUT2D eigenvalue weighted by molar-refractivity contribution is 5.74. The molecular weight excluding hydrogens is 280 g/mol. The molecule has 0 bridgehead atoms. The molecule has 1 aromatic carbocycles. The van der Waals surface area contributed by atoms with Crippen LogP contribution < -0.4 is 10.1 Å². The number of benzene rings is 1. The van der Waals surface area contributed by atoms with Crippen molar-refractivity contribution in [3.63, 3.8) is 0 Å². The van der Waals surface area contributed by atoms with E-state index in [1.807, 2.05) is 29.2 Å². The van der Waals surface area contributed by atoms with Crippen molar-refractivity contribution >= 4 is 6.03 Å². The van der Waals surface area contributed by atoms with Crippen molar-refractivity contribution in [2.75, 3.05) is 26.8 Å². The second-order valence-corrected chi connectivity index (χ2v) is 5.69. The molecule has 22 heavy (non-hydrogen) atoms. The number of aliphatic hydroxyl groups is 1.